The molecule has 4 aromatic rings. The fourth-order valence-corrected chi connectivity index (χ4v) is 3.58. The first-order chi connectivity index (χ1) is 10.8. The lowest BCUT2D eigenvalue weighted by atomic mass is 9.94. The summed E-state index contributed by atoms with van der Waals surface area (Å²) in [5.74, 6) is -0.777. The molecule has 4 aromatic carbocycles. The molecule has 0 aliphatic heterocycles. The molecule has 0 saturated carbocycles. The summed E-state index contributed by atoms with van der Waals surface area (Å²) < 4.78 is 0. The number of rotatable bonds is 0. The zero-order valence-electron chi connectivity index (χ0n) is 11.6. The van der Waals surface area contributed by atoms with Crippen molar-refractivity contribution in [1.82, 2.24) is 0 Å². The molecule has 0 unspecified atom stereocenters. The second kappa shape index (κ2) is 3.80. The smallest absolute Gasteiger partial charge is 0.234 e. The summed E-state index contributed by atoms with van der Waals surface area (Å²) in [4.78, 5) is 24.5. The Kier molecular flexibility index (Phi) is 2.01. The molecule has 0 amide bonds. The van der Waals surface area contributed by atoms with Gasteiger partial charge in [0.1, 0.15) is 0 Å². The first-order valence-corrected chi connectivity index (χ1v) is 7.22. The first kappa shape index (κ1) is 11.6. The van der Waals surface area contributed by atoms with E-state index in [4.69, 9.17) is 0 Å². The SMILES string of the molecule is O=C1C(=O)c2cc3c4ccccc4ccc3c3cccc1c23. The molecule has 0 aromatic heterocycles. The van der Waals surface area contributed by atoms with Crippen LogP contribution >= 0.6 is 0 Å². The fraction of sp³-hybridized carbons (Fsp3) is 0. The van der Waals surface area contributed by atoms with E-state index < -0.39 is 0 Å². The van der Waals surface area contributed by atoms with Gasteiger partial charge in [0.2, 0.25) is 11.6 Å². The second-order valence-electron chi connectivity index (χ2n) is 5.69. The van der Waals surface area contributed by atoms with Crippen LogP contribution in [-0.2, 0) is 0 Å². The van der Waals surface area contributed by atoms with E-state index in [0.29, 0.717) is 11.1 Å². The number of carbonyl (C=O) groups excluding carboxylic acids is 2. The summed E-state index contributed by atoms with van der Waals surface area (Å²) in [5, 5.41) is 6.14. The van der Waals surface area contributed by atoms with Crippen molar-refractivity contribution in [1.29, 1.82) is 0 Å². The highest BCUT2D eigenvalue weighted by Crippen LogP contribution is 2.38. The summed E-state index contributed by atoms with van der Waals surface area (Å²) in [6, 6.07) is 19.7. The van der Waals surface area contributed by atoms with E-state index in [2.05, 4.69) is 24.3 Å². The van der Waals surface area contributed by atoms with Crippen LogP contribution in [-0.4, -0.2) is 11.6 Å². The summed E-state index contributed by atoms with van der Waals surface area (Å²) in [6.07, 6.45) is 0. The van der Waals surface area contributed by atoms with E-state index in [1.54, 1.807) is 6.07 Å². The maximum Gasteiger partial charge on any atom is 0.234 e. The average Bonchev–Trinajstić information content (AvgIpc) is 2.81. The minimum Gasteiger partial charge on any atom is -0.285 e. The largest absolute Gasteiger partial charge is 0.285 e. The minimum atomic E-state index is -0.389. The Morgan fingerprint density at radius 1 is 0.545 bits per heavy atom. The quantitative estimate of drug-likeness (QED) is 0.351. The highest BCUT2D eigenvalue weighted by atomic mass is 16.2. The molecular formula is C20H10O2. The molecule has 1 aliphatic carbocycles. The Balaban J connectivity index is 2.12. The van der Waals surface area contributed by atoms with Gasteiger partial charge in [0, 0.05) is 16.5 Å². The van der Waals surface area contributed by atoms with Crippen LogP contribution in [0.25, 0.3) is 32.3 Å². The summed E-state index contributed by atoms with van der Waals surface area (Å²) >= 11 is 0. The summed E-state index contributed by atoms with van der Waals surface area (Å²) in [7, 11) is 0. The number of carbonyl (C=O) groups is 2. The van der Waals surface area contributed by atoms with E-state index in [1.807, 2.05) is 30.3 Å². The average molecular weight is 282 g/mol. The predicted molar refractivity (Wildman–Crippen MR) is 87.6 cm³/mol. The first-order valence-electron chi connectivity index (χ1n) is 7.22. The number of benzene rings is 4. The molecule has 0 atom stereocenters. The number of hydrogen-bond donors (Lipinski definition) is 0. The molecule has 0 fully saturated rings. The van der Waals surface area contributed by atoms with Crippen LogP contribution in [0.1, 0.15) is 20.7 Å². The molecule has 0 N–H and O–H groups in total. The van der Waals surface area contributed by atoms with Crippen molar-refractivity contribution < 1.29 is 9.59 Å². The van der Waals surface area contributed by atoms with Crippen molar-refractivity contribution in [3.8, 4) is 0 Å². The van der Waals surface area contributed by atoms with Crippen LogP contribution in [0.2, 0.25) is 0 Å². The van der Waals surface area contributed by atoms with Crippen molar-refractivity contribution in [3.63, 3.8) is 0 Å². The molecule has 0 heterocycles. The standard InChI is InChI=1S/C20H10O2/c21-19-15-7-3-6-14-13-9-8-11-4-1-2-5-12(11)16(13)10-17(18(14)15)20(19)22/h1-10H. The monoisotopic (exact) mass is 282 g/mol. The van der Waals surface area contributed by atoms with Gasteiger partial charge in [0.15, 0.2) is 0 Å². The predicted octanol–water partition coefficient (Wildman–Crippen LogP) is 4.53. The van der Waals surface area contributed by atoms with Crippen molar-refractivity contribution in [2.24, 2.45) is 0 Å². The molecule has 22 heavy (non-hydrogen) atoms. The molecule has 5 rings (SSSR count). The molecule has 0 bridgehead atoms. The molecule has 0 spiro atoms. The van der Waals surface area contributed by atoms with Crippen LogP contribution in [0.4, 0.5) is 0 Å². The molecule has 0 radical (unpaired) electrons. The van der Waals surface area contributed by atoms with Crippen LogP contribution in [0.15, 0.2) is 60.7 Å². The van der Waals surface area contributed by atoms with Crippen molar-refractivity contribution >= 4 is 43.9 Å². The van der Waals surface area contributed by atoms with Crippen molar-refractivity contribution in [3.05, 3.63) is 71.8 Å². The molecule has 102 valence electrons. The molecular weight excluding hydrogens is 272 g/mol. The molecule has 2 nitrogen and oxygen atoms in total. The lowest BCUT2D eigenvalue weighted by Crippen LogP contribution is -2.06. The van der Waals surface area contributed by atoms with E-state index in [-0.39, 0.29) is 11.6 Å². The second-order valence-corrected chi connectivity index (χ2v) is 5.69. The number of Topliss-reactive ketones (excluding diaryl/α,β-unsaturated/α-hetero) is 2. The molecule has 0 saturated heterocycles. The Labute approximate surface area is 126 Å². The van der Waals surface area contributed by atoms with Gasteiger partial charge in [-0.1, -0.05) is 54.6 Å². The lowest BCUT2D eigenvalue weighted by molar-refractivity contribution is 0.0825. The Bertz CT molecular complexity index is 1150. The Hall–Kier alpha value is -3.00. The zero-order valence-corrected chi connectivity index (χ0v) is 11.6. The number of ketones is 2. The van der Waals surface area contributed by atoms with Gasteiger partial charge in [-0.3, -0.25) is 9.59 Å². The van der Waals surface area contributed by atoms with E-state index >= 15 is 0 Å². The van der Waals surface area contributed by atoms with Crippen molar-refractivity contribution in [2.75, 3.05) is 0 Å². The normalized spacial score (nSPS) is 13.6. The topological polar surface area (TPSA) is 34.1 Å². The number of hydrogen-bond acceptors (Lipinski definition) is 2. The highest BCUT2D eigenvalue weighted by molar-refractivity contribution is 6.58. The fourth-order valence-electron chi connectivity index (χ4n) is 3.58. The zero-order chi connectivity index (χ0) is 14.8. The number of fused-ring (bicyclic) bond motifs is 4. The van der Waals surface area contributed by atoms with Gasteiger partial charge in [-0.2, -0.15) is 0 Å². The van der Waals surface area contributed by atoms with Crippen molar-refractivity contribution in [2.45, 2.75) is 0 Å². The van der Waals surface area contributed by atoms with Gasteiger partial charge >= 0.3 is 0 Å². The Morgan fingerprint density at radius 3 is 2.23 bits per heavy atom. The van der Waals surface area contributed by atoms with Gasteiger partial charge < -0.3 is 0 Å². The molecule has 2 heteroatoms. The summed E-state index contributed by atoms with van der Waals surface area (Å²) in [5.41, 5.74) is 1.08. The van der Waals surface area contributed by atoms with Crippen LogP contribution < -0.4 is 0 Å². The van der Waals surface area contributed by atoms with Gasteiger partial charge in [0.05, 0.1) is 0 Å². The maximum absolute atomic E-state index is 12.3. The van der Waals surface area contributed by atoms with Gasteiger partial charge in [-0.05, 0) is 33.0 Å². The van der Waals surface area contributed by atoms with E-state index in [1.165, 1.54) is 0 Å². The third-order valence-corrected chi connectivity index (χ3v) is 4.58. The van der Waals surface area contributed by atoms with E-state index in [9.17, 15) is 9.59 Å². The van der Waals surface area contributed by atoms with Crippen LogP contribution in [0.3, 0.4) is 0 Å². The van der Waals surface area contributed by atoms with Gasteiger partial charge in [0.25, 0.3) is 0 Å². The third-order valence-electron chi connectivity index (χ3n) is 4.58. The third kappa shape index (κ3) is 1.25. The van der Waals surface area contributed by atoms with Crippen LogP contribution in [0.5, 0.6) is 0 Å². The highest BCUT2D eigenvalue weighted by Gasteiger charge is 2.31. The Morgan fingerprint density at radius 2 is 1.32 bits per heavy atom. The maximum atomic E-state index is 12.3. The van der Waals surface area contributed by atoms with Crippen LogP contribution in [0, 0.1) is 0 Å². The van der Waals surface area contributed by atoms with Gasteiger partial charge in [-0.25, -0.2) is 0 Å². The lowest BCUT2D eigenvalue weighted by Gasteiger charge is -2.08. The molecule has 1 aliphatic rings. The summed E-state index contributed by atoms with van der Waals surface area (Å²) in [6.45, 7) is 0. The minimum absolute atomic E-state index is 0.388. The van der Waals surface area contributed by atoms with Gasteiger partial charge in [-0.15, -0.1) is 0 Å². The van der Waals surface area contributed by atoms with E-state index in [0.717, 1.165) is 32.3 Å².